The van der Waals surface area contributed by atoms with Crippen molar-refractivity contribution in [1.29, 1.82) is 0 Å². The number of nitrogens with zero attached hydrogens (tertiary/aromatic N) is 2. The van der Waals surface area contributed by atoms with Crippen LogP contribution in [0.5, 0.6) is 5.75 Å². The van der Waals surface area contributed by atoms with E-state index in [1.807, 2.05) is 0 Å². The molecule has 0 bridgehead atoms. The molecule has 408 valence electrons. The van der Waals surface area contributed by atoms with Crippen LogP contribution in [0.2, 0.25) is 0 Å². The van der Waals surface area contributed by atoms with Crippen LogP contribution in [0, 0.1) is 0 Å². The second-order valence-corrected chi connectivity index (χ2v) is 26.1. The van der Waals surface area contributed by atoms with Crippen molar-refractivity contribution in [3.05, 3.63) is 257 Å². The Bertz CT molecular complexity index is 4830. The van der Waals surface area contributed by atoms with Gasteiger partial charge in [0.2, 0.25) is 0 Å². The number of anilines is 6. The maximum Gasteiger partial charge on any atom is 0.159 e. The third kappa shape index (κ3) is 6.90. The number of ether oxygens (including phenoxy) is 1. The third-order valence-electron chi connectivity index (χ3n) is 19.4. The summed E-state index contributed by atoms with van der Waals surface area (Å²) in [5.41, 5.74) is 22.4. The van der Waals surface area contributed by atoms with Crippen molar-refractivity contribution in [2.45, 2.75) is 95.5 Å². The molecule has 0 saturated heterocycles. The van der Waals surface area contributed by atoms with E-state index < -0.39 is 5.41 Å². The van der Waals surface area contributed by atoms with Gasteiger partial charge in [-0.05, 0) is 146 Å². The fraction of sp³-hybridized carbons (Fsp3) is 0.190. The molecule has 0 amide bonds. The number of benzene rings is 11. The molecule has 13 aromatic rings. The molecule has 2 unspecified atom stereocenters. The maximum absolute atomic E-state index is 7.63. The number of rotatable bonds is 6. The molecule has 1 fully saturated rings. The van der Waals surface area contributed by atoms with Crippen molar-refractivity contribution >= 4 is 88.8 Å². The number of hydrogen-bond acceptors (Lipinski definition) is 5. The lowest BCUT2D eigenvalue weighted by Crippen LogP contribution is -2.27. The first-order valence-electron chi connectivity index (χ1n) is 30.2. The highest BCUT2D eigenvalue weighted by Gasteiger charge is 2.54. The fourth-order valence-electron chi connectivity index (χ4n) is 15.5. The number of fused-ring (bicyclic) bond motifs is 22. The molecule has 5 nitrogen and oxygen atoms in total. The molecule has 17 rings (SSSR count). The largest absolute Gasteiger partial charge is 0.487 e. The molecular formula is C79H64N2O3. The molecule has 2 atom stereocenters. The van der Waals surface area contributed by atoms with Gasteiger partial charge in [0.1, 0.15) is 28.6 Å². The third-order valence-corrected chi connectivity index (χ3v) is 19.4. The number of furan rings is 2. The van der Waals surface area contributed by atoms with Gasteiger partial charge in [-0.1, -0.05) is 206 Å². The lowest BCUT2D eigenvalue weighted by molar-refractivity contribution is 0.164. The number of hydrogen-bond donors (Lipinski definition) is 0. The average Bonchev–Trinajstić information content (AvgIpc) is 1.79. The summed E-state index contributed by atoms with van der Waals surface area (Å²) in [4.78, 5) is 5.00. The van der Waals surface area contributed by atoms with Crippen LogP contribution in [-0.2, 0) is 16.2 Å². The van der Waals surface area contributed by atoms with Gasteiger partial charge in [-0.3, -0.25) is 0 Å². The molecular weight excluding hydrogens is 1020 g/mol. The van der Waals surface area contributed by atoms with Crippen LogP contribution in [-0.4, -0.2) is 6.10 Å². The Morgan fingerprint density at radius 3 is 1.60 bits per heavy atom. The van der Waals surface area contributed by atoms with Crippen molar-refractivity contribution in [2.24, 2.45) is 0 Å². The van der Waals surface area contributed by atoms with E-state index in [4.69, 9.17) is 13.6 Å². The van der Waals surface area contributed by atoms with E-state index >= 15 is 0 Å². The first-order chi connectivity index (χ1) is 40.9. The molecule has 84 heavy (non-hydrogen) atoms. The number of para-hydroxylation sites is 4. The normalized spacial score (nSPS) is 16.5. The summed E-state index contributed by atoms with van der Waals surface area (Å²) in [5, 5.41) is 6.60. The molecule has 3 aliphatic carbocycles. The molecule has 1 saturated carbocycles. The van der Waals surface area contributed by atoms with Gasteiger partial charge in [0.25, 0.3) is 0 Å². The molecule has 2 aromatic heterocycles. The van der Waals surface area contributed by atoms with Crippen LogP contribution in [0.4, 0.5) is 34.1 Å². The van der Waals surface area contributed by atoms with Crippen LogP contribution in [0.15, 0.2) is 227 Å². The Morgan fingerprint density at radius 2 is 0.917 bits per heavy atom. The highest BCUT2D eigenvalue weighted by Crippen LogP contribution is 2.68. The lowest BCUT2D eigenvalue weighted by Gasteiger charge is -2.34. The van der Waals surface area contributed by atoms with Crippen molar-refractivity contribution in [1.82, 2.24) is 0 Å². The van der Waals surface area contributed by atoms with Crippen LogP contribution in [0.3, 0.4) is 0 Å². The van der Waals surface area contributed by atoms with Gasteiger partial charge in [-0.2, -0.15) is 0 Å². The van der Waals surface area contributed by atoms with E-state index in [-0.39, 0.29) is 16.9 Å². The summed E-state index contributed by atoms with van der Waals surface area (Å²) < 4.78 is 22.0. The molecule has 5 heteroatoms. The molecule has 3 heterocycles. The molecule has 11 aromatic carbocycles. The van der Waals surface area contributed by atoms with Gasteiger partial charge in [0, 0.05) is 50.0 Å². The highest BCUT2D eigenvalue weighted by atomic mass is 16.5. The smallest absolute Gasteiger partial charge is 0.159 e. The van der Waals surface area contributed by atoms with Crippen molar-refractivity contribution in [2.75, 3.05) is 9.80 Å². The minimum absolute atomic E-state index is 0.0369. The van der Waals surface area contributed by atoms with Crippen molar-refractivity contribution < 1.29 is 13.6 Å². The SMILES string of the molecule is CC(C)(C)c1ccc(N(c2cc3c(c4ccccc24)-c2c(cc(N(c4ccc(C(C)(C)C)cc4)c4cccc5c4OC4CCCCC54)c4c2oc2ccccc24)C32c3ccccc3-c3ccccc32)c2cccc3c2oc2ccccc23)cc1. The summed E-state index contributed by atoms with van der Waals surface area (Å²) in [6.07, 6.45) is 4.78. The van der Waals surface area contributed by atoms with Gasteiger partial charge in [-0.25, -0.2) is 0 Å². The quantitative estimate of drug-likeness (QED) is 0.166. The highest BCUT2D eigenvalue weighted by molar-refractivity contribution is 6.24. The maximum atomic E-state index is 7.63. The minimum Gasteiger partial charge on any atom is -0.487 e. The Morgan fingerprint density at radius 1 is 0.405 bits per heavy atom. The van der Waals surface area contributed by atoms with Crippen LogP contribution in [0.25, 0.3) is 76.9 Å². The van der Waals surface area contributed by atoms with Crippen molar-refractivity contribution in [3.63, 3.8) is 0 Å². The van der Waals surface area contributed by atoms with E-state index in [2.05, 4.69) is 270 Å². The summed E-state index contributed by atoms with van der Waals surface area (Å²) >= 11 is 0. The fourth-order valence-corrected chi connectivity index (χ4v) is 15.5. The summed E-state index contributed by atoms with van der Waals surface area (Å²) in [7, 11) is 0. The zero-order chi connectivity index (χ0) is 56.4. The summed E-state index contributed by atoms with van der Waals surface area (Å²) in [5.74, 6) is 1.37. The topological polar surface area (TPSA) is 42.0 Å². The zero-order valence-corrected chi connectivity index (χ0v) is 48.4. The first-order valence-corrected chi connectivity index (χ1v) is 30.2. The second kappa shape index (κ2) is 17.8. The minimum atomic E-state index is -0.808. The molecule has 0 N–H and O–H groups in total. The van der Waals surface area contributed by atoms with E-state index in [0.717, 1.165) is 113 Å². The monoisotopic (exact) mass is 1090 g/mol. The van der Waals surface area contributed by atoms with Gasteiger partial charge in [0.05, 0.1) is 33.6 Å². The Hall–Kier alpha value is -9.32. The second-order valence-electron chi connectivity index (χ2n) is 26.1. The molecule has 1 spiro atoms. The van der Waals surface area contributed by atoms with Crippen LogP contribution in [0.1, 0.15) is 112 Å². The summed E-state index contributed by atoms with van der Waals surface area (Å²) in [6.45, 7) is 13.8. The van der Waals surface area contributed by atoms with Gasteiger partial charge >= 0.3 is 0 Å². The zero-order valence-electron chi connectivity index (χ0n) is 48.4. The van der Waals surface area contributed by atoms with Gasteiger partial charge < -0.3 is 23.4 Å². The Balaban J connectivity index is 1.02. The average molecular weight is 1090 g/mol. The van der Waals surface area contributed by atoms with E-state index in [1.165, 1.54) is 68.5 Å². The standard InChI is InChI=1S/C79H64N2O3/c1-77(2,3)47-37-41-49(42-38-47)80(64-32-19-28-57-54-24-11-16-34-68(54)82-74(57)64)66-45-62-71(56-26-8-7-23-53(56)66)73-63(79(62)60-30-14-9-21-51(60)52-22-10-15-31-61(52)79)46-67(72-59-27-13-18-36-70(59)84-76(72)73)81(50-43-39-48(40-44-50)78(4,5)6)65-33-20-29-58-55-25-12-17-35-69(55)83-75(58)65/h7-11,13-16,18-24,26-34,36-46,55,69H,12,17,25,35H2,1-6H3. The van der Waals surface area contributed by atoms with Crippen LogP contribution >= 0.6 is 0 Å². The molecule has 4 aliphatic rings. The van der Waals surface area contributed by atoms with E-state index in [0.29, 0.717) is 5.92 Å². The van der Waals surface area contributed by atoms with E-state index in [9.17, 15) is 0 Å². The molecule has 0 radical (unpaired) electrons. The van der Waals surface area contributed by atoms with E-state index in [1.54, 1.807) is 0 Å². The molecule has 1 aliphatic heterocycles. The van der Waals surface area contributed by atoms with Crippen LogP contribution < -0.4 is 14.5 Å². The lowest BCUT2D eigenvalue weighted by atomic mass is 9.70. The Kier molecular flexibility index (Phi) is 10.5. The van der Waals surface area contributed by atoms with Crippen molar-refractivity contribution in [3.8, 4) is 28.0 Å². The first kappa shape index (κ1) is 49.3. The summed E-state index contributed by atoms with van der Waals surface area (Å²) in [6, 6.07) is 81.7. The van der Waals surface area contributed by atoms with Gasteiger partial charge in [-0.15, -0.1) is 0 Å². The van der Waals surface area contributed by atoms with Gasteiger partial charge in [0.15, 0.2) is 5.58 Å². The predicted octanol–water partition coefficient (Wildman–Crippen LogP) is 21.9. The predicted molar refractivity (Wildman–Crippen MR) is 347 cm³/mol. The Labute approximate surface area is 490 Å².